The second-order valence-electron chi connectivity index (χ2n) is 11.7. The van der Waals surface area contributed by atoms with Crippen molar-refractivity contribution in [2.24, 2.45) is 0 Å². The van der Waals surface area contributed by atoms with Crippen LogP contribution in [-0.2, 0) is 32.6 Å². The number of nitro benzene ring substituents is 1. The lowest BCUT2D eigenvalue weighted by Gasteiger charge is -2.35. The van der Waals surface area contributed by atoms with E-state index in [2.05, 4.69) is 21.2 Å². The molecule has 0 aliphatic rings. The Kier molecular flexibility index (Phi) is 11.0. The van der Waals surface area contributed by atoms with Crippen molar-refractivity contribution < 1.29 is 22.9 Å². The first-order valence-electron chi connectivity index (χ1n) is 14.5. The number of nitrogens with zero attached hydrogens (tertiary/aromatic N) is 3. The van der Waals surface area contributed by atoms with Crippen LogP contribution in [0, 0.1) is 10.1 Å². The van der Waals surface area contributed by atoms with Gasteiger partial charge in [-0.3, -0.25) is 24.0 Å². The third kappa shape index (κ3) is 9.01. The Hall–Kier alpha value is -4.55. The number of anilines is 1. The SMILES string of the molecule is CC(C)(C)NC(=O)[C@H](Cc1ccccc1)N(Cc1ccc(Br)cc1)C(=O)CN(c1cccc([N+](=O)[O-])c1)S(=O)(=O)c1ccccc1. The highest BCUT2D eigenvalue weighted by Crippen LogP contribution is 2.28. The van der Waals surface area contributed by atoms with Gasteiger partial charge in [0.05, 0.1) is 15.5 Å². The highest BCUT2D eigenvalue weighted by molar-refractivity contribution is 9.10. The van der Waals surface area contributed by atoms with Crippen LogP contribution in [0.1, 0.15) is 31.9 Å². The predicted octanol–water partition coefficient (Wildman–Crippen LogP) is 6.11. The first-order chi connectivity index (χ1) is 21.7. The fourth-order valence-corrected chi connectivity index (χ4v) is 6.49. The molecule has 0 aliphatic heterocycles. The van der Waals surface area contributed by atoms with Gasteiger partial charge in [0.25, 0.3) is 15.7 Å². The third-order valence-electron chi connectivity index (χ3n) is 6.97. The zero-order valence-electron chi connectivity index (χ0n) is 25.7. The van der Waals surface area contributed by atoms with Crippen LogP contribution in [0.5, 0.6) is 0 Å². The largest absolute Gasteiger partial charge is 0.350 e. The van der Waals surface area contributed by atoms with Crippen LogP contribution in [0.4, 0.5) is 11.4 Å². The van der Waals surface area contributed by atoms with E-state index >= 15 is 0 Å². The quantitative estimate of drug-likeness (QED) is 0.140. The Balaban J connectivity index is 1.84. The minimum absolute atomic E-state index is 0.00462. The monoisotopic (exact) mass is 706 g/mol. The normalized spacial score (nSPS) is 12.2. The minimum atomic E-state index is -4.38. The van der Waals surface area contributed by atoms with Crippen molar-refractivity contribution in [2.75, 3.05) is 10.8 Å². The number of amides is 2. The predicted molar refractivity (Wildman–Crippen MR) is 181 cm³/mol. The Morgan fingerprint density at radius 1 is 0.870 bits per heavy atom. The molecule has 0 spiro atoms. The molecule has 0 bridgehead atoms. The fraction of sp³-hybridized carbons (Fsp3) is 0.235. The van der Waals surface area contributed by atoms with Gasteiger partial charge in [0.1, 0.15) is 12.6 Å². The average molecular weight is 708 g/mol. The van der Waals surface area contributed by atoms with E-state index < -0.39 is 44.9 Å². The molecule has 0 aromatic heterocycles. The summed E-state index contributed by atoms with van der Waals surface area (Å²) >= 11 is 3.42. The zero-order chi connectivity index (χ0) is 33.5. The molecule has 4 aromatic rings. The molecule has 0 radical (unpaired) electrons. The molecule has 10 nitrogen and oxygen atoms in total. The number of carbonyl (C=O) groups is 2. The van der Waals surface area contributed by atoms with Crippen molar-refractivity contribution in [1.29, 1.82) is 0 Å². The van der Waals surface area contributed by atoms with Crippen LogP contribution in [-0.4, -0.2) is 48.2 Å². The summed E-state index contributed by atoms with van der Waals surface area (Å²) in [5, 5.41) is 14.6. The summed E-state index contributed by atoms with van der Waals surface area (Å²) in [6, 6.07) is 28.1. The molecule has 240 valence electrons. The average Bonchev–Trinajstić information content (AvgIpc) is 3.02. The van der Waals surface area contributed by atoms with Gasteiger partial charge in [0, 0.05) is 35.1 Å². The molecule has 0 aliphatic carbocycles. The molecule has 46 heavy (non-hydrogen) atoms. The molecule has 4 rings (SSSR count). The van der Waals surface area contributed by atoms with Crippen LogP contribution < -0.4 is 9.62 Å². The van der Waals surface area contributed by atoms with Gasteiger partial charge in [-0.2, -0.15) is 0 Å². The van der Waals surface area contributed by atoms with E-state index in [0.717, 1.165) is 20.4 Å². The summed E-state index contributed by atoms with van der Waals surface area (Å²) in [6.45, 7) is 4.78. The summed E-state index contributed by atoms with van der Waals surface area (Å²) in [6.07, 6.45) is 0.160. The number of hydrogen-bond acceptors (Lipinski definition) is 6. The van der Waals surface area contributed by atoms with Crippen molar-refractivity contribution in [3.8, 4) is 0 Å². The lowest BCUT2D eigenvalue weighted by atomic mass is 10.0. The molecule has 2 amide bonds. The van der Waals surface area contributed by atoms with E-state index in [1.807, 2.05) is 75.4 Å². The molecule has 0 saturated carbocycles. The first kappa shape index (κ1) is 34.3. The van der Waals surface area contributed by atoms with Gasteiger partial charge in [-0.15, -0.1) is 0 Å². The smallest absolute Gasteiger partial charge is 0.271 e. The number of halogens is 1. The summed E-state index contributed by atoms with van der Waals surface area (Å²) < 4.78 is 29.8. The molecule has 4 aromatic carbocycles. The number of hydrogen-bond donors (Lipinski definition) is 1. The molecular weight excluding hydrogens is 672 g/mol. The van der Waals surface area contributed by atoms with Crippen LogP contribution in [0.3, 0.4) is 0 Å². The van der Waals surface area contributed by atoms with Crippen molar-refractivity contribution in [1.82, 2.24) is 10.2 Å². The lowest BCUT2D eigenvalue weighted by molar-refractivity contribution is -0.384. The molecule has 1 N–H and O–H groups in total. The molecule has 12 heteroatoms. The standard InChI is InChI=1S/C34H35BrN4O6S/c1-34(2,3)36-33(41)31(21-25-11-6-4-7-12-25)37(23-26-17-19-27(35)20-18-26)32(40)24-38(28-13-10-14-29(22-28)39(42)43)46(44,45)30-15-8-5-9-16-30/h4-20,22,31H,21,23-24H2,1-3H3,(H,36,41)/t31-/m0/s1. The van der Waals surface area contributed by atoms with Crippen molar-refractivity contribution in [2.45, 2.75) is 50.2 Å². The van der Waals surface area contributed by atoms with Crippen molar-refractivity contribution in [3.63, 3.8) is 0 Å². The maximum absolute atomic E-state index is 14.5. The van der Waals surface area contributed by atoms with Gasteiger partial charge < -0.3 is 10.2 Å². The number of nitro groups is 1. The Bertz CT molecular complexity index is 1780. The third-order valence-corrected chi connectivity index (χ3v) is 9.29. The first-order valence-corrected chi connectivity index (χ1v) is 16.7. The molecule has 0 fully saturated rings. The number of carbonyl (C=O) groups excluding carboxylic acids is 2. The topological polar surface area (TPSA) is 130 Å². The van der Waals surface area contributed by atoms with E-state index in [1.54, 1.807) is 18.2 Å². The molecular formula is C34H35BrN4O6S. The van der Waals surface area contributed by atoms with Gasteiger partial charge in [-0.25, -0.2) is 8.42 Å². The fourth-order valence-electron chi connectivity index (χ4n) is 4.80. The Morgan fingerprint density at radius 2 is 1.48 bits per heavy atom. The van der Waals surface area contributed by atoms with Crippen LogP contribution >= 0.6 is 15.9 Å². The number of nitrogens with one attached hydrogen (secondary N) is 1. The highest BCUT2D eigenvalue weighted by Gasteiger charge is 2.36. The molecule has 0 saturated heterocycles. The van der Waals surface area contributed by atoms with Gasteiger partial charge in [0.15, 0.2) is 0 Å². The molecule has 1 atom stereocenters. The van der Waals surface area contributed by atoms with Crippen LogP contribution in [0.2, 0.25) is 0 Å². The Labute approximate surface area is 277 Å². The number of non-ortho nitro benzene ring substituents is 1. The van der Waals surface area contributed by atoms with E-state index in [9.17, 15) is 28.1 Å². The number of sulfonamides is 1. The lowest BCUT2D eigenvalue weighted by Crippen LogP contribution is -2.56. The number of rotatable bonds is 12. The van der Waals surface area contributed by atoms with E-state index in [0.29, 0.717) is 5.56 Å². The summed E-state index contributed by atoms with van der Waals surface area (Å²) in [5.41, 5.74) is 0.498. The second-order valence-corrected chi connectivity index (χ2v) is 14.5. The summed E-state index contributed by atoms with van der Waals surface area (Å²) in [7, 11) is -4.38. The zero-order valence-corrected chi connectivity index (χ0v) is 28.1. The van der Waals surface area contributed by atoms with Gasteiger partial charge in [0.2, 0.25) is 11.8 Å². The van der Waals surface area contributed by atoms with Gasteiger partial charge in [-0.05, 0) is 62.2 Å². The molecule has 0 unspecified atom stereocenters. The second kappa shape index (κ2) is 14.7. The Morgan fingerprint density at radius 3 is 2.07 bits per heavy atom. The van der Waals surface area contributed by atoms with E-state index in [4.69, 9.17) is 0 Å². The summed E-state index contributed by atoms with van der Waals surface area (Å²) in [5.74, 6) is -1.08. The summed E-state index contributed by atoms with van der Waals surface area (Å²) in [4.78, 5) is 40.7. The van der Waals surface area contributed by atoms with Gasteiger partial charge in [-0.1, -0.05) is 82.7 Å². The van der Waals surface area contributed by atoms with Gasteiger partial charge >= 0.3 is 0 Å². The molecule has 0 heterocycles. The van der Waals surface area contributed by atoms with E-state index in [-0.39, 0.29) is 29.2 Å². The highest BCUT2D eigenvalue weighted by atomic mass is 79.9. The van der Waals surface area contributed by atoms with Crippen LogP contribution in [0.15, 0.2) is 119 Å². The maximum atomic E-state index is 14.5. The number of benzene rings is 4. The maximum Gasteiger partial charge on any atom is 0.271 e. The van der Waals surface area contributed by atoms with Crippen molar-refractivity contribution >= 4 is 49.1 Å². The van der Waals surface area contributed by atoms with E-state index in [1.165, 1.54) is 35.2 Å². The van der Waals surface area contributed by atoms with Crippen molar-refractivity contribution in [3.05, 3.63) is 135 Å². The minimum Gasteiger partial charge on any atom is -0.350 e. The van der Waals surface area contributed by atoms with Crippen LogP contribution in [0.25, 0.3) is 0 Å².